The maximum absolute atomic E-state index is 10.9. The quantitative estimate of drug-likeness (QED) is 0.596. The van der Waals surface area contributed by atoms with Crippen LogP contribution in [-0.4, -0.2) is 16.4 Å². The second-order valence-electron chi connectivity index (χ2n) is 3.24. The van der Waals surface area contributed by atoms with E-state index in [4.69, 9.17) is 14.5 Å². The van der Waals surface area contributed by atoms with Gasteiger partial charge in [0, 0.05) is 0 Å². The van der Waals surface area contributed by atoms with E-state index in [1.54, 1.807) is 12.1 Å². The van der Waals surface area contributed by atoms with Crippen molar-refractivity contribution < 1.29 is 19.1 Å². The van der Waals surface area contributed by atoms with E-state index in [1.165, 1.54) is 12.1 Å². The number of hydrogen-bond donors (Lipinski definition) is 2. The molecule has 0 bridgehead atoms. The van der Waals surface area contributed by atoms with Gasteiger partial charge < -0.3 is 14.5 Å². The van der Waals surface area contributed by atoms with Gasteiger partial charge in [-0.05, 0) is 30.7 Å². The average Bonchev–Trinajstić information content (AvgIpc) is 2.18. The Balaban J connectivity index is 2.61. The van der Waals surface area contributed by atoms with Gasteiger partial charge in [-0.15, -0.1) is 0 Å². The van der Waals surface area contributed by atoms with Crippen molar-refractivity contribution in [3.8, 4) is 5.75 Å². The van der Waals surface area contributed by atoms with E-state index >= 15 is 0 Å². The fourth-order valence-corrected chi connectivity index (χ4v) is 1.61. The lowest BCUT2D eigenvalue weighted by Gasteiger charge is -2.07. The van der Waals surface area contributed by atoms with Gasteiger partial charge >= 0.3 is 7.60 Å². The molecule has 1 aromatic carbocycles. The topological polar surface area (TPSA) is 66.8 Å². The van der Waals surface area contributed by atoms with Gasteiger partial charge in [-0.1, -0.05) is 13.3 Å². The van der Waals surface area contributed by atoms with Crippen LogP contribution < -0.4 is 10.0 Å². The molecule has 2 N–H and O–H groups in total. The predicted molar refractivity (Wildman–Crippen MR) is 58.5 cm³/mol. The van der Waals surface area contributed by atoms with E-state index in [2.05, 4.69) is 6.92 Å². The molecule has 0 aliphatic carbocycles. The van der Waals surface area contributed by atoms with Crippen molar-refractivity contribution in [2.45, 2.75) is 19.8 Å². The molecule has 0 fully saturated rings. The Morgan fingerprint density at radius 3 is 2.33 bits per heavy atom. The average molecular weight is 230 g/mol. The van der Waals surface area contributed by atoms with Crippen molar-refractivity contribution in [1.29, 1.82) is 0 Å². The van der Waals surface area contributed by atoms with Crippen LogP contribution in [0.4, 0.5) is 0 Å². The van der Waals surface area contributed by atoms with Gasteiger partial charge in [0.2, 0.25) is 0 Å². The Morgan fingerprint density at radius 2 is 1.87 bits per heavy atom. The summed E-state index contributed by atoms with van der Waals surface area (Å²) in [5, 5.41) is 0.0188. The molecule has 0 radical (unpaired) electrons. The fourth-order valence-electron chi connectivity index (χ4n) is 1.07. The molecule has 0 aromatic heterocycles. The standard InChI is InChI=1S/C10H15O4P/c1-2-3-8-14-9-4-6-10(7-5-9)15(11,12)13/h4-7H,2-3,8H2,1H3,(H2,11,12,13). The summed E-state index contributed by atoms with van der Waals surface area (Å²) in [6, 6.07) is 5.93. The van der Waals surface area contributed by atoms with Crippen molar-refractivity contribution in [3.63, 3.8) is 0 Å². The van der Waals surface area contributed by atoms with Crippen LogP contribution in [-0.2, 0) is 4.57 Å². The van der Waals surface area contributed by atoms with Crippen LogP contribution in [0.3, 0.4) is 0 Å². The summed E-state index contributed by atoms with van der Waals surface area (Å²) >= 11 is 0. The van der Waals surface area contributed by atoms with E-state index < -0.39 is 7.60 Å². The lowest BCUT2D eigenvalue weighted by Crippen LogP contribution is -2.03. The molecule has 84 valence electrons. The summed E-state index contributed by atoms with van der Waals surface area (Å²) in [6.07, 6.45) is 2.03. The second-order valence-corrected chi connectivity index (χ2v) is 4.84. The summed E-state index contributed by atoms with van der Waals surface area (Å²) in [4.78, 5) is 17.7. The smallest absolute Gasteiger partial charge is 0.356 e. The Bertz CT molecular complexity index is 341. The van der Waals surface area contributed by atoms with E-state index in [9.17, 15) is 4.57 Å². The van der Waals surface area contributed by atoms with E-state index in [0.717, 1.165) is 12.8 Å². The van der Waals surface area contributed by atoms with Crippen molar-refractivity contribution in [2.75, 3.05) is 6.61 Å². The molecule has 0 aliphatic rings. The van der Waals surface area contributed by atoms with Gasteiger partial charge in [0.25, 0.3) is 0 Å². The monoisotopic (exact) mass is 230 g/mol. The highest BCUT2D eigenvalue weighted by atomic mass is 31.2. The van der Waals surface area contributed by atoms with Gasteiger partial charge in [-0.25, -0.2) is 0 Å². The largest absolute Gasteiger partial charge is 0.494 e. The highest BCUT2D eigenvalue weighted by Crippen LogP contribution is 2.33. The molecule has 0 unspecified atom stereocenters. The third-order valence-corrected chi connectivity index (χ3v) is 2.91. The van der Waals surface area contributed by atoms with E-state index in [0.29, 0.717) is 12.4 Å². The number of rotatable bonds is 5. The Labute approximate surface area is 89.1 Å². The Kier molecular flexibility index (Phi) is 4.33. The molecule has 0 saturated carbocycles. The Morgan fingerprint density at radius 1 is 1.27 bits per heavy atom. The lowest BCUT2D eigenvalue weighted by molar-refractivity contribution is 0.309. The SMILES string of the molecule is CCCCOc1ccc(P(=O)(O)O)cc1. The first-order valence-corrected chi connectivity index (χ1v) is 6.44. The summed E-state index contributed by atoms with van der Waals surface area (Å²) in [5.41, 5.74) is 0. The van der Waals surface area contributed by atoms with Crippen LogP contribution in [0.5, 0.6) is 5.75 Å². The highest BCUT2D eigenvalue weighted by molar-refractivity contribution is 7.60. The molecule has 1 aromatic rings. The molecule has 0 heterocycles. The van der Waals surface area contributed by atoms with Gasteiger partial charge in [0.05, 0.1) is 11.9 Å². The normalized spacial score (nSPS) is 11.4. The zero-order valence-corrected chi connectivity index (χ0v) is 9.48. The van der Waals surface area contributed by atoms with Crippen LogP contribution in [0.2, 0.25) is 0 Å². The number of unbranched alkanes of at least 4 members (excludes halogenated alkanes) is 1. The van der Waals surface area contributed by atoms with Crippen LogP contribution in [0.1, 0.15) is 19.8 Å². The van der Waals surface area contributed by atoms with Gasteiger partial charge in [0.15, 0.2) is 0 Å². The summed E-state index contributed by atoms with van der Waals surface area (Å²) in [6.45, 7) is 2.70. The summed E-state index contributed by atoms with van der Waals surface area (Å²) in [5.74, 6) is 0.639. The fraction of sp³-hybridized carbons (Fsp3) is 0.400. The van der Waals surface area contributed by atoms with Crippen molar-refractivity contribution in [2.24, 2.45) is 0 Å². The molecule has 0 saturated heterocycles. The van der Waals surface area contributed by atoms with Crippen molar-refractivity contribution >= 4 is 12.9 Å². The third-order valence-electron chi connectivity index (χ3n) is 1.94. The maximum atomic E-state index is 10.9. The van der Waals surface area contributed by atoms with E-state index in [1.807, 2.05) is 0 Å². The molecule has 0 spiro atoms. The number of ether oxygens (including phenoxy) is 1. The third kappa shape index (κ3) is 4.04. The lowest BCUT2D eigenvalue weighted by atomic mass is 10.3. The molecule has 4 nitrogen and oxygen atoms in total. The Hall–Kier alpha value is -0.830. The molecular formula is C10H15O4P. The van der Waals surface area contributed by atoms with Gasteiger partial charge in [-0.2, -0.15) is 0 Å². The number of hydrogen-bond acceptors (Lipinski definition) is 2. The highest BCUT2D eigenvalue weighted by Gasteiger charge is 2.15. The molecule has 1 rings (SSSR count). The minimum Gasteiger partial charge on any atom is -0.494 e. The van der Waals surface area contributed by atoms with Crippen LogP contribution >= 0.6 is 7.60 Å². The summed E-state index contributed by atoms with van der Waals surface area (Å²) < 4.78 is 16.2. The first kappa shape index (κ1) is 12.2. The van der Waals surface area contributed by atoms with Crippen LogP contribution in [0.15, 0.2) is 24.3 Å². The molecular weight excluding hydrogens is 215 g/mol. The summed E-state index contributed by atoms with van der Waals surface area (Å²) in [7, 11) is -4.13. The van der Waals surface area contributed by atoms with Crippen molar-refractivity contribution in [1.82, 2.24) is 0 Å². The minimum absolute atomic E-state index is 0.0188. The van der Waals surface area contributed by atoms with Crippen LogP contribution in [0, 0.1) is 0 Å². The zero-order chi connectivity index (χ0) is 11.3. The van der Waals surface area contributed by atoms with Gasteiger partial charge in [0.1, 0.15) is 5.75 Å². The minimum atomic E-state index is -4.13. The first-order chi connectivity index (χ1) is 7.04. The number of benzene rings is 1. The van der Waals surface area contributed by atoms with Gasteiger partial charge in [-0.3, -0.25) is 4.57 Å². The molecule has 0 amide bonds. The second kappa shape index (κ2) is 5.31. The van der Waals surface area contributed by atoms with E-state index in [-0.39, 0.29) is 5.30 Å². The first-order valence-electron chi connectivity index (χ1n) is 4.83. The molecule has 15 heavy (non-hydrogen) atoms. The maximum Gasteiger partial charge on any atom is 0.356 e. The van der Waals surface area contributed by atoms with Crippen molar-refractivity contribution in [3.05, 3.63) is 24.3 Å². The molecule has 0 atom stereocenters. The zero-order valence-electron chi connectivity index (χ0n) is 8.59. The molecule has 0 aliphatic heterocycles. The molecule has 5 heteroatoms. The predicted octanol–water partition coefficient (Wildman–Crippen LogP) is 1.67. The van der Waals surface area contributed by atoms with Crippen LogP contribution in [0.25, 0.3) is 0 Å².